The minimum absolute atomic E-state index is 0.104. The van der Waals surface area contributed by atoms with E-state index in [-0.39, 0.29) is 24.2 Å². The number of methoxy groups -OCH3 is 1. The van der Waals surface area contributed by atoms with Gasteiger partial charge in [0.1, 0.15) is 0 Å². The highest BCUT2D eigenvalue weighted by Gasteiger charge is 2.33. The molecule has 0 heterocycles. The molecule has 0 saturated heterocycles. The summed E-state index contributed by atoms with van der Waals surface area (Å²) < 4.78 is 4.52. The second-order valence-electron chi connectivity index (χ2n) is 4.21. The summed E-state index contributed by atoms with van der Waals surface area (Å²) in [4.78, 5) is 24.3. The average Bonchev–Trinajstić information content (AvgIpc) is 3.06. The standard InChI is InChI=1S/C11H19NO3/c1-8(9-4-5-9)11(14)12(2)7-6-10(13)15-3/h8-9H,4-7H2,1-3H3. The molecule has 1 aliphatic rings. The molecule has 1 aliphatic carbocycles. The first-order chi connectivity index (χ1) is 7.06. The molecule has 15 heavy (non-hydrogen) atoms. The maximum absolute atomic E-state index is 11.8. The molecular weight excluding hydrogens is 194 g/mol. The fourth-order valence-corrected chi connectivity index (χ4v) is 1.62. The SMILES string of the molecule is COC(=O)CCN(C)C(=O)C(C)C1CC1. The largest absolute Gasteiger partial charge is 0.469 e. The number of carbonyl (C=O) groups excluding carboxylic acids is 2. The molecule has 4 nitrogen and oxygen atoms in total. The molecule has 0 aromatic heterocycles. The van der Waals surface area contributed by atoms with Crippen molar-refractivity contribution >= 4 is 11.9 Å². The molecule has 1 rings (SSSR count). The summed E-state index contributed by atoms with van der Waals surface area (Å²) in [7, 11) is 3.10. The van der Waals surface area contributed by atoms with E-state index < -0.39 is 0 Å². The lowest BCUT2D eigenvalue weighted by atomic mass is 10.1. The Balaban J connectivity index is 2.28. The van der Waals surface area contributed by atoms with Crippen molar-refractivity contribution in [1.29, 1.82) is 0 Å². The van der Waals surface area contributed by atoms with Gasteiger partial charge in [-0.2, -0.15) is 0 Å². The maximum Gasteiger partial charge on any atom is 0.307 e. The molecule has 1 fully saturated rings. The van der Waals surface area contributed by atoms with Crippen molar-refractivity contribution in [2.75, 3.05) is 20.7 Å². The molecule has 0 spiro atoms. The summed E-state index contributed by atoms with van der Waals surface area (Å²) >= 11 is 0. The average molecular weight is 213 g/mol. The molecular formula is C11H19NO3. The van der Waals surface area contributed by atoms with Gasteiger partial charge >= 0.3 is 5.97 Å². The van der Waals surface area contributed by atoms with Crippen molar-refractivity contribution in [1.82, 2.24) is 4.90 Å². The Morgan fingerprint density at radius 1 is 1.47 bits per heavy atom. The van der Waals surface area contributed by atoms with Crippen molar-refractivity contribution in [3.63, 3.8) is 0 Å². The third kappa shape index (κ3) is 3.53. The first kappa shape index (κ1) is 12.0. The van der Waals surface area contributed by atoms with Gasteiger partial charge in [-0.3, -0.25) is 9.59 Å². The van der Waals surface area contributed by atoms with E-state index in [0.717, 1.165) is 12.8 Å². The highest BCUT2D eigenvalue weighted by Crippen LogP contribution is 2.37. The number of esters is 1. The fourth-order valence-electron chi connectivity index (χ4n) is 1.62. The summed E-state index contributed by atoms with van der Waals surface area (Å²) in [5.74, 6) is 0.542. The lowest BCUT2D eigenvalue weighted by Gasteiger charge is -2.20. The smallest absolute Gasteiger partial charge is 0.307 e. The second-order valence-corrected chi connectivity index (χ2v) is 4.21. The molecule has 0 aromatic carbocycles. The maximum atomic E-state index is 11.8. The van der Waals surface area contributed by atoms with Gasteiger partial charge in [0.15, 0.2) is 0 Å². The first-order valence-electron chi connectivity index (χ1n) is 5.38. The third-order valence-electron chi connectivity index (χ3n) is 2.97. The summed E-state index contributed by atoms with van der Waals surface area (Å²) in [6.07, 6.45) is 2.60. The van der Waals surface area contributed by atoms with Crippen LogP contribution in [0.3, 0.4) is 0 Å². The van der Waals surface area contributed by atoms with Gasteiger partial charge in [0.2, 0.25) is 5.91 Å². The van der Waals surface area contributed by atoms with E-state index >= 15 is 0 Å². The van der Waals surface area contributed by atoms with Gasteiger partial charge in [-0.15, -0.1) is 0 Å². The van der Waals surface area contributed by atoms with E-state index in [9.17, 15) is 9.59 Å². The van der Waals surface area contributed by atoms with Crippen LogP contribution >= 0.6 is 0 Å². The Morgan fingerprint density at radius 2 is 2.07 bits per heavy atom. The Kier molecular flexibility index (Phi) is 4.12. The molecule has 4 heteroatoms. The Hall–Kier alpha value is -1.06. The normalized spacial score (nSPS) is 17.0. The number of rotatable bonds is 5. The molecule has 0 aliphatic heterocycles. The molecule has 1 atom stereocenters. The van der Waals surface area contributed by atoms with Crippen LogP contribution in [-0.4, -0.2) is 37.5 Å². The predicted octanol–water partition coefficient (Wildman–Crippen LogP) is 1.05. The number of nitrogens with zero attached hydrogens (tertiary/aromatic N) is 1. The van der Waals surface area contributed by atoms with Gasteiger partial charge in [0.25, 0.3) is 0 Å². The molecule has 0 bridgehead atoms. The lowest BCUT2D eigenvalue weighted by Crippen LogP contribution is -2.34. The Morgan fingerprint density at radius 3 is 2.53 bits per heavy atom. The zero-order valence-corrected chi connectivity index (χ0v) is 9.66. The first-order valence-corrected chi connectivity index (χ1v) is 5.38. The van der Waals surface area contributed by atoms with Crippen LogP contribution in [0, 0.1) is 11.8 Å². The fraction of sp³-hybridized carbons (Fsp3) is 0.818. The molecule has 1 saturated carbocycles. The minimum atomic E-state index is -0.270. The van der Waals surface area contributed by atoms with Gasteiger partial charge in [-0.05, 0) is 18.8 Å². The molecule has 0 aromatic rings. The lowest BCUT2D eigenvalue weighted by molar-refractivity contribution is -0.142. The number of hydrogen-bond acceptors (Lipinski definition) is 3. The number of ether oxygens (including phenoxy) is 1. The molecule has 0 N–H and O–H groups in total. The zero-order valence-electron chi connectivity index (χ0n) is 9.66. The molecule has 1 amide bonds. The summed E-state index contributed by atoms with van der Waals surface area (Å²) in [6.45, 7) is 2.41. The quantitative estimate of drug-likeness (QED) is 0.641. The van der Waals surface area contributed by atoms with E-state index in [0.29, 0.717) is 12.5 Å². The minimum Gasteiger partial charge on any atom is -0.469 e. The van der Waals surface area contributed by atoms with E-state index in [1.165, 1.54) is 7.11 Å². The van der Waals surface area contributed by atoms with Crippen LogP contribution in [0.2, 0.25) is 0 Å². The van der Waals surface area contributed by atoms with Crippen LogP contribution in [-0.2, 0) is 14.3 Å². The Bertz CT molecular complexity index is 248. The van der Waals surface area contributed by atoms with E-state index in [1.807, 2.05) is 6.92 Å². The van der Waals surface area contributed by atoms with E-state index in [1.54, 1.807) is 11.9 Å². The van der Waals surface area contributed by atoms with Crippen molar-refractivity contribution in [2.45, 2.75) is 26.2 Å². The number of carbonyl (C=O) groups is 2. The number of amides is 1. The van der Waals surface area contributed by atoms with Gasteiger partial charge < -0.3 is 9.64 Å². The van der Waals surface area contributed by atoms with Crippen LogP contribution < -0.4 is 0 Å². The van der Waals surface area contributed by atoms with E-state index in [2.05, 4.69) is 4.74 Å². The van der Waals surface area contributed by atoms with Crippen LogP contribution in [0.4, 0.5) is 0 Å². The van der Waals surface area contributed by atoms with Gasteiger partial charge in [0.05, 0.1) is 13.5 Å². The molecule has 0 radical (unpaired) electrons. The van der Waals surface area contributed by atoms with Crippen LogP contribution in [0.15, 0.2) is 0 Å². The van der Waals surface area contributed by atoms with Gasteiger partial charge in [-0.25, -0.2) is 0 Å². The topological polar surface area (TPSA) is 46.6 Å². The predicted molar refractivity (Wildman–Crippen MR) is 56.2 cm³/mol. The van der Waals surface area contributed by atoms with Crippen LogP contribution in [0.5, 0.6) is 0 Å². The van der Waals surface area contributed by atoms with Crippen molar-refractivity contribution < 1.29 is 14.3 Å². The van der Waals surface area contributed by atoms with Crippen LogP contribution in [0.25, 0.3) is 0 Å². The monoisotopic (exact) mass is 213 g/mol. The Labute approximate surface area is 90.6 Å². The zero-order chi connectivity index (χ0) is 11.4. The second kappa shape index (κ2) is 5.14. The summed E-state index contributed by atoms with van der Waals surface area (Å²) in [5.41, 5.74) is 0. The van der Waals surface area contributed by atoms with E-state index in [4.69, 9.17) is 0 Å². The summed E-state index contributed by atoms with van der Waals surface area (Å²) in [5, 5.41) is 0. The van der Waals surface area contributed by atoms with Crippen molar-refractivity contribution in [3.05, 3.63) is 0 Å². The highest BCUT2D eigenvalue weighted by atomic mass is 16.5. The van der Waals surface area contributed by atoms with Crippen LogP contribution in [0.1, 0.15) is 26.2 Å². The van der Waals surface area contributed by atoms with Gasteiger partial charge in [-0.1, -0.05) is 6.92 Å². The highest BCUT2D eigenvalue weighted by molar-refractivity contribution is 5.79. The van der Waals surface area contributed by atoms with Crippen molar-refractivity contribution in [2.24, 2.45) is 11.8 Å². The third-order valence-corrected chi connectivity index (χ3v) is 2.97. The number of hydrogen-bond donors (Lipinski definition) is 0. The summed E-state index contributed by atoms with van der Waals surface area (Å²) in [6, 6.07) is 0. The molecule has 86 valence electrons. The van der Waals surface area contributed by atoms with Gasteiger partial charge in [0, 0.05) is 19.5 Å². The van der Waals surface area contributed by atoms with Crippen molar-refractivity contribution in [3.8, 4) is 0 Å². The molecule has 1 unspecified atom stereocenters.